The van der Waals surface area contributed by atoms with Gasteiger partial charge in [-0.15, -0.1) is 0 Å². The molecule has 1 saturated heterocycles. The Balaban J connectivity index is 2.07. The van der Waals surface area contributed by atoms with Crippen LogP contribution in [0.25, 0.3) is 10.9 Å². The van der Waals surface area contributed by atoms with Crippen LogP contribution >= 0.6 is 0 Å². The van der Waals surface area contributed by atoms with E-state index in [0.29, 0.717) is 12.1 Å². The Bertz CT molecular complexity index is 695. The summed E-state index contributed by atoms with van der Waals surface area (Å²) in [6.07, 6.45) is 2.75. The molecule has 1 aromatic carbocycles. The molecule has 1 aliphatic heterocycles. The van der Waals surface area contributed by atoms with E-state index in [-0.39, 0.29) is 17.9 Å². The maximum Gasteiger partial charge on any atom is 0.167 e. The summed E-state index contributed by atoms with van der Waals surface area (Å²) >= 11 is 0. The van der Waals surface area contributed by atoms with Gasteiger partial charge < -0.3 is 19.1 Å². The first-order chi connectivity index (χ1) is 11.2. The van der Waals surface area contributed by atoms with Gasteiger partial charge in [-0.3, -0.25) is 4.98 Å². The van der Waals surface area contributed by atoms with E-state index in [2.05, 4.69) is 9.88 Å². The molecule has 2 atom stereocenters. The smallest absolute Gasteiger partial charge is 0.167 e. The molecule has 6 heteroatoms. The van der Waals surface area contributed by atoms with Crippen molar-refractivity contribution in [1.29, 1.82) is 0 Å². The van der Waals surface area contributed by atoms with Crippen LogP contribution in [0, 0.1) is 5.82 Å². The number of hydrogen-bond donors (Lipinski definition) is 0. The topological polar surface area (TPSA) is 43.8 Å². The number of fused-ring (bicyclic) bond motifs is 1. The molecule has 0 amide bonds. The van der Waals surface area contributed by atoms with Crippen molar-refractivity contribution in [3.8, 4) is 5.75 Å². The number of ether oxygens (including phenoxy) is 3. The zero-order chi connectivity index (χ0) is 16.4. The van der Waals surface area contributed by atoms with E-state index in [1.54, 1.807) is 26.5 Å². The number of hydrogen-bond acceptors (Lipinski definition) is 5. The van der Waals surface area contributed by atoms with Gasteiger partial charge in [0.25, 0.3) is 0 Å². The fourth-order valence-electron chi connectivity index (χ4n) is 3.23. The van der Waals surface area contributed by atoms with Crippen molar-refractivity contribution in [3.63, 3.8) is 0 Å². The van der Waals surface area contributed by atoms with Gasteiger partial charge in [0, 0.05) is 44.1 Å². The Kier molecular flexibility index (Phi) is 4.63. The highest BCUT2D eigenvalue weighted by Gasteiger charge is 2.33. The van der Waals surface area contributed by atoms with E-state index in [0.717, 1.165) is 24.0 Å². The standard InChI is InChI=1S/C17H21FN2O3/c1-21-10-11-6-12(22-2)9-20(11)16-4-5-19-15-8-14(18)17(23-3)7-13(15)16/h4-5,7-8,11-12H,6,9-10H2,1-3H3/t11-,12-/m0/s1. The summed E-state index contributed by atoms with van der Waals surface area (Å²) in [6.45, 7) is 1.38. The van der Waals surface area contributed by atoms with Crippen molar-refractivity contribution < 1.29 is 18.6 Å². The molecule has 0 bridgehead atoms. The minimum absolute atomic E-state index is 0.153. The molecule has 2 heterocycles. The third-order valence-corrected chi connectivity index (χ3v) is 4.37. The normalized spacial score (nSPS) is 21.1. The summed E-state index contributed by atoms with van der Waals surface area (Å²) in [5.41, 5.74) is 1.60. The fraction of sp³-hybridized carbons (Fsp3) is 0.471. The quantitative estimate of drug-likeness (QED) is 0.847. The summed E-state index contributed by atoms with van der Waals surface area (Å²) in [5, 5.41) is 0.864. The van der Waals surface area contributed by atoms with E-state index >= 15 is 0 Å². The molecule has 1 aromatic heterocycles. The maximum absolute atomic E-state index is 13.9. The molecule has 23 heavy (non-hydrogen) atoms. The number of rotatable bonds is 5. The van der Waals surface area contributed by atoms with E-state index in [1.165, 1.54) is 13.2 Å². The summed E-state index contributed by atoms with van der Waals surface area (Å²) in [5.74, 6) is -0.188. The summed E-state index contributed by atoms with van der Waals surface area (Å²) in [4.78, 5) is 6.52. The third-order valence-electron chi connectivity index (χ3n) is 4.37. The van der Waals surface area contributed by atoms with Crippen molar-refractivity contribution in [2.45, 2.75) is 18.6 Å². The minimum Gasteiger partial charge on any atom is -0.494 e. The predicted molar refractivity (Wildman–Crippen MR) is 86.7 cm³/mol. The van der Waals surface area contributed by atoms with Crippen LogP contribution in [0.15, 0.2) is 24.4 Å². The Labute approximate surface area is 135 Å². The van der Waals surface area contributed by atoms with E-state index in [1.807, 2.05) is 6.07 Å². The van der Waals surface area contributed by atoms with Crippen molar-refractivity contribution in [2.24, 2.45) is 0 Å². The zero-order valence-electron chi connectivity index (χ0n) is 13.6. The van der Waals surface area contributed by atoms with Crippen molar-refractivity contribution in [3.05, 3.63) is 30.2 Å². The Morgan fingerprint density at radius 1 is 1.30 bits per heavy atom. The Morgan fingerprint density at radius 3 is 2.83 bits per heavy atom. The van der Waals surface area contributed by atoms with Crippen LogP contribution < -0.4 is 9.64 Å². The zero-order valence-corrected chi connectivity index (χ0v) is 13.6. The fourth-order valence-corrected chi connectivity index (χ4v) is 3.23. The Morgan fingerprint density at radius 2 is 2.13 bits per heavy atom. The van der Waals surface area contributed by atoms with Gasteiger partial charge in [0.15, 0.2) is 11.6 Å². The van der Waals surface area contributed by atoms with Gasteiger partial charge in [-0.2, -0.15) is 0 Å². The molecule has 0 saturated carbocycles. The van der Waals surface area contributed by atoms with Crippen LogP contribution in [0.4, 0.5) is 10.1 Å². The van der Waals surface area contributed by atoms with Crippen LogP contribution in [0.1, 0.15) is 6.42 Å². The number of pyridine rings is 1. The van der Waals surface area contributed by atoms with E-state index in [9.17, 15) is 4.39 Å². The van der Waals surface area contributed by atoms with Crippen molar-refractivity contribution >= 4 is 16.6 Å². The second kappa shape index (κ2) is 6.68. The lowest BCUT2D eigenvalue weighted by molar-refractivity contribution is 0.111. The lowest BCUT2D eigenvalue weighted by Crippen LogP contribution is -2.33. The van der Waals surface area contributed by atoms with Crippen LogP contribution in [0.3, 0.4) is 0 Å². The Hall–Kier alpha value is -1.92. The second-order valence-corrected chi connectivity index (χ2v) is 5.69. The molecule has 0 radical (unpaired) electrons. The maximum atomic E-state index is 13.9. The molecule has 124 valence electrons. The minimum atomic E-state index is -0.408. The number of halogens is 1. The molecule has 0 aliphatic carbocycles. The van der Waals surface area contributed by atoms with E-state index in [4.69, 9.17) is 14.2 Å². The molecule has 0 unspecified atom stereocenters. The average molecular weight is 320 g/mol. The lowest BCUT2D eigenvalue weighted by atomic mass is 10.1. The first-order valence-electron chi connectivity index (χ1n) is 7.58. The highest BCUT2D eigenvalue weighted by Crippen LogP contribution is 2.35. The first kappa shape index (κ1) is 16.0. The van der Waals surface area contributed by atoms with Crippen molar-refractivity contribution in [1.82, 2.24) is 4.98 Å². The number of methoxy groups -OCH3 is 3. The molecular formula is C17H21FN2O3. The molecule has 2 aromatic rings. The molecule has 3 rings (SSSR count). The van der Waals surface area contributed by atoms with Crippen LogP contribution in [0.5, 0.6) is 5.75 Å². The number of aromatic nitrogens is 1. The van der Waals surface area contributed by atoms with Crippen molar-refractivity contribution in [2.75, 3.05) is 39.4 Å². The van der Waals surface area contributed by atoms with Gasteiger partial charge in [0.2, 0.25) is 0 Å². The molecule has 0 spiro atoms. The average Bonchev–Trinajstić information content (AvgIpc) is 2.97. The van der Waals surface area contributed by atoms with Gasteiger partial charge in [-0.25, -0.2) is 4.39 Å². The largest absolute Gasteiger partial charge is 0.494 e. The van der Waals surface area contributed by atoms with E-state index < -0.39 is 5.82 Å². The molecule has 1 fully saturated rings. The van der Waals surface area contributed by atoms with Gasteiger partial charge >= 0.3 is 0 Å². The summed E-state index contributed by atoms with van der Waals surface area (Å²) < 4.78 is 29.9. The lowest BCUT2D eigenvalue weighted by Gasteiger charge is -2.27. The SMILES string of the molecule is COC[C@@H]1C[C@H](OC)CN1c1ccnc2cc(F)c(OC)cc12. The molecule has 5 nitrogen and oxygen atoms in total. The van der Waals surface area contributed by atoms with Crippen LogP contribution in [0.2, 0.25) is 0 Å². The van der Waals surface area contributed by atoms with Gasteiger partial charge in [-0.05, 0) is 18.6 Å². The highest BCUT2D eigenvalue weighted by molar-refractivity contribution is 5.93. The molecular weight excluding hydrogens is 299 g/mol. The second-order valence-electron chi connectivity index (χ2n) is 5.69. The monoisotopic (exact) mass is 320 g/mol. The molecule has 0 N–H and O–H groups in total. The van der Waals surface area contributed by atoms with Crippen LogP contribution in [-0.2, 0) is 9.47 Å². The number of benzene rings is 1. The van der Waals surface area contributed by atoms with Gasteiger partial charge in [0.05, 0.1) is 31.4 Å². The number of nitrogens with zero attached hydrogens (tertiary/aromatic N) is 2. The van der Waals surface area contributed by atoms with Gasteiger partial charge in [0.1, 0.15) is 0 Å². The highest BCUT2D eigenvalue weighted by atomic mass is 19.1. The predicted octanol–water partition coefficient (Wildman–Crippen LogP) is 2.62. The van der Waals surface area contributed by atoms with Gasteiger partial charge in [-0.1, -0.05) is 0 Å². The number of anilines is 1. The van der Waals surface area contributed by atoms with Crippen LogP contribution in [-0.4, -0.2) is 51.6 Å². The summed E-state index contributed by atoms with van der Waals surface area (Å²) in [7, 11) is 4.88. The molecule has 1 aliphatic rings. The summed E-state index contributed by atoms with van der Waals surface area (Å²) in [6, 6.07) is 5.27. The first-order valence-corrected chi connectivity index (χ1v) is 7.58. The third kappa shape index (κ3) is 2.96.